The van der Waals surface area contributed by atoms with Gasteiger partial charge in [-0.2, -0.15) is 0 Å². The van der Waals surface area contributed by atoms with Crippen LogP contribution in [0.1, 0.15) is 24.8 Å². The predicted molar refractivity (Wildman–Crippen MR) is 140 cm³/mol. The number of hydrogen-bond acceptors (Lipinski definition) is 5. The average Bonchev–Trinajstić information content (AvgIpc) is 2.78. The van der Waals surface area contributed by atoms with Crippen molar-refractivity contribution < 1.29 is 14.3 Å². The largest absolute Gasteiger partial charge is 0.383 e. The van der Waals surface area contributed by atoms with Gasteiger partial charge in [0.15, 0.2) is 5.96 Å². The van der Waals surface area contributed by atoms with E-state index < -0.39 is 0 Å². The van der Waals surface area contributed by atoms with Crippen LogP contribution < -0.4 is 10.6 Å². The van der Waals surface area contributed by atoms with Crippen LogP contribution in [0.3, 0.4) is 0 Å². The van der Waals surface area contributed by atoms with Crippen LogP contribution in [-0.2, 0) is 20.8 Å². The smallest absolute Gasteiger partial charge is 0.243 e. The number of nitrogens with one attached hydrogen (secondary N) is 2. The molecule has 0 saturated carbocycles. The molecule has 1 heterocycles. The Labute approximate surface area is 210 Å². The Balaban J connectivity index is 0.00000512. The van der Waals surface area contributed by atoms with E-state index in [9.17, 15) is 4.79 Å². The molecule has 1 aromatic carbocycles. The normalized spacial score (nSPS) is 15.2. The van der Waals surface area contributed by atoms with Crippen LogP contribution in [0.25, 0.3) is 0 Å². The molecule has 0 aromatic heterocycles. The number of methoxy groups -OCH3 is 1. The maximum atomic E-state index is 11.8. The molecule has 2 rings (SSSR count). The molecule has 32 heavy (non-hydrogen) atoms. The van der Waals surface area contributed by atoms with Gasteiger partial charge in [-0.25, -0.2) is 4.99 Å². The molecule has 1 saturated heterocycles. The molecule has 0 radical (unpaired) electrons. The molecular formula is C23H40IN5O3. The number of amides is 1. The zero-order valence-corrected chi connectivity index (χ0v) is 22.0. The van der Waals surface area contributed by atoms with Crippen LogP contribution in [0.2, 0.25) is 0 Å². The van der Waals surface area contributed by atoms with Gasteiger partial charge in [0.1, 0.15) is 6.54 Å². The van der Waals surface area contributed by atoms with Crippen molar-refractivity contribution in [2.24, 2.45) is 4.99 Å². The van der Waals surface area contributed by atoms with Gasteiger partial charge in [-0.15, -0.1) is 24.0 Å². The number of aliphatic imine (C=N–C) groups is 1. The van der Waals surface area contributed by atoms with Gasteiger partial charge < -0.3 is 25.0 Å². The third kappa shape index (κ3) is 12.0. The third-order valence-electron chi connectivity index (χ3n) is 5.22. The Morgan fingerprint density at radius 1 is 1.12 bits per heavy atom. The lowest BCUT2D eigenvalue weighted by molar-refractivity contribution is -0.127. The fraction of sp³-hybridized carbons (Fsp3) is 0.652. The zero-order valence-electron chi connectivity index (χ0n) is 19.7. The van der Waals surface area contributed by atoms with Gasteiger partial charge in [-0.05, 0) is 24.8 Å². The molecule has 0 unspecified atom stereocenters. The van der Waals surface area contributed by atoms with Gasteiger partial charge in [-0.1, -0.05) is 30.3 Å². The molecular weight excluding hydrogens is 521 g/mol. The van der Waals surface area contributed by atoms with Crippen LogP contribution in [-0.4, -0.2) is 94.9 Å². The van der Waals surface area contributed by atoms with Crippen molar-refractivity contribution >= 4 is 35.8 Å². The molecule has 0 atom stereocenters. The maximum absolute atomic E-state index is 11.8. The second-order valence-electron chi connectivity index (χ2n) is 7.98. The monoisotopic (exact) mass is 561 g/mol. The van der Waals surface area contributed by atoms with Crippen molar-refractivity contribution in [3.8, 4) is 0 Å². The number of benzene rings is 1. The summed E-state index contributed by atoms with van der Waals surface area (Å²) in [6, 6.07) is 10.6. The molecule has 1 aliphatic heterocycles. The van der Waals surface area contributed by atoms with E-state index in [2.05, 4.69) is 50.9 Å². The lowest BCUT2D eigenvalue weighted by Crippen LogP contribution is -2.41. The molecule has 8 nitrogen and oxygen atoms in total. The van der Waals surface area contributed by atoms with E-state index in [1.54, 1.807) is 21.2 Å². The first-order valence-corrected chi connectivity index (χ1v) is 11.2. The molecule has 9 heteroatoms. The number of likely N-dealkylation sites (N-methyl/N-ethyl adjacent to an activating group) is 1. The Morgan fingerprint density at radius 3 is 2.47 bits per heavy atom. The first-order chi connectivity index (χ1) is 15.1. The van der Waals surface area contributed by atoms with Gasteiger partial charge in [0.2, 0.25) is 5.91 Å². The predicted octanol–water partition coefficient (Wildman–Crippen LogP) is 1.95. The van der Waals surface area contributed by atoms with E-state index in [0.29, 0.717) is 25.2 Å². The SMILES string of the molecule is COCCNC(=NCC(=O)N(C)C)NCCCOC1CCN(Cc2ccccc2)CC1.I. The van der Waals surface area contributed by atoms with Gasteiger partial charge >= 0.3 is 0 Å². The summed E-state index contributed by atoms with van der Waals surface area (Å²) in [6.45, 7) is 5.97. The molecule has 1 fully saturated rings. The summed E-state index contributed by atoms with van der Waals surface area (Å²) in [5, 5.41) is 6.45. The summed E-state index contributed by atoms with van der Waals surface area (Å²) < 4.78 is 11.1. The summed E-state index contributed by atoms with van der Waals surface area (Å²) in [6.07, 6.45) is 3.39. The molecule has 1 amide bonds. The minimum absolute atomic E-state index is 0. The van der Waals surface area contributed by atoms with Crippen LogP contribution in [0, 0.1) is 0 Å². The Bertz CT molecular complexity index is 652. The molecule has 0 aliphatic carbocycles. The molecule has 2 N–H and O–H groups in total. The van der Waals surface area contributed by atoms with Gasteiger partial charge in [-0.3, -0.25) is 9.69 Å². The fourth-order valence-electron chi connectivity index (χ4n) is 3.34. The van der Waals surface area contributed by atoms with E-state index in [1.807, 2.05) is 0 Å². The van der Waals surface area contributed by atoms with E-state index in [4.69, 9.17) is 9.47 Å². The molecule has 0 spiro atoms. The molecule has 0 bridgehead atoms. The quantitative estimate of drug-likeness (QED) is 0.176. The second-order valence-corrected chi connectivity index (χ2v) is 7.98. The number of carbonyl (C=O) groups is 1. The van der Waals surface area contributed by atoms with E-state index in [-0.39, 0.29) is 36.4 Å². The first kappa shape index (κ1) is 28.6. The third-order valence-corrected chi connectivity index (χ3v) is 5.22. The van der Waals surface area contributed by atoms with Crippen molar-refractivity contribution in [2.75, 3.05) is 67.1 Å². The van der Waals surface area contributed by atoms with E-state index >= 15 is 0 Å². The van der Waals surface area contributed by atoms with Crippen molar-refractivity contribution in [1.29, 1.82) is 0 Å². The second kappa shape index (κ2) is 17.1. The van der Waals surface area contributed by atoms with Gasteiger partial charge in [0.05, 0.1) is 12.7 Å². The summed E-state index contributed by atoms with van der Waals surface area (Å²) in [5.41, 5.74) is 1.37. The highest BCUT2D eigenvalue weighted by Gasteiger charge is 2.19. The summed E-state index contributed by atoms with van der Waals surface area (Å²) in [4.78, 5) is 20.2. The summed E-state index contributed by atoms with van der Waals surface area (Å²) >= 11 is 0. The molecule has 1 aliphatic rings. The fourth-order valence-corrected chi connectivity index (χ4v) is 3.34. The minimum atomic E-state index is -0.0326. The zero-order chi connectivity index (χ0) is 22.3. The van der Waals surface area contributed by atoms with E-state index in [0.717, 1.165) is 52.0 Å². The van der Waals surface area contributed by atoms with Crippen LogP contribution >= 0.6 is 24.0 Å². The maximum Gasteiger partial charge on any atom is 0.243 e. The van der Waals surface area contributed by atoms with Gasteiger partial charge in [0, 0.05) is 60.5 Å². The summed E-state index contributed by atoms with van der Waals surface area (Å²) in [7, 11) is 5.12. The lowest BCUT2D eigenvalue weighted by Gasteiger charge is -2.32. The molecule has 1 aromatic rings. The first-order valence-electron chi connectivity index (χ1n) is 11.2. The molecule has 182 valence electrons. The Kier molecular flexibility index (Phi) is 15.3. The lowest BCUT2D eigenvalue weighted by atomic mass is 10.1. The highest BCUT2D eigenvalue weighted by Crippen LogP contribution is 2.16. The number of nitrogens with zero attached hydrogens (tertiary/aromatic N) is 3. The average molecular weight is 562 g/mol. The number of likely N-dealkylation sites (tertiary alicyclic amines) is 1. The Morgan fingerprint density at radius 2 is 1.81 bits per heavy atom. The minimum Gasteiger partial charge on any atom is -0.383 e. The number of ether oxygens (including phenoxy) is 2. The number of piperidine rings is 1. The highest BCUT2D eigenvalue weighted by molar-refractivity contribution is 14.0. The number of halogens is 1. The number of guanidine groups is 1. The van der Waals surface area contributed by atoms with Crippen molar-refractivity contribution in [1.82, 2.24) is 20.4 Å². The van der Waals surface area contributed by atoms with Crippen LogP contribution in [0.5, 0.6) is 0 Å². The van der Waals surface area contributed by atoms with Gasteiger partial charge in [0.25, 0.3) is 0 Å². The van der Waals surface area contributed by atoms with Crippen molar-refractivity contribution in [2.45, 2.75) is 31.9 Å². The standard InChI is InChI=1S/C23H39N5O3.HI/c1-27(2)22(29)18-26-23(25-13-17-30-3)24-12-7-16-31-21-10-14-28(15-11-21)19-20-8-5-4-6-9-20;/h4-6,8-9,21H,7,10-19H2,1-3H3,(H2,24,25,26);1H. The Hall–Kier alpha value is -1.43. The number of carbonyl (C=O) groups excluding carboxylic acids is 1. The number of rotatable bonds is 12. The van der Waals surface area contributed by atoms with E-state index in [1.165, 1.54) is 10.5 Å². The number of hydrogen-bond donors (Lipinski definition) is 2. The highest BCUT2D eigenvalue weighted by atomic mass is 127. The van der Waals surface area contributed by atoms with Crippen molar-refractivity contribution in [3.05, 3.63) is 35.9 Å². The summed E-state index contributed by atoms with van der Waals surface area (Å²) in [5.74, 6) is 0.594. The van der Waals surface area contributed by atoms with Crippen LogP contribution in [0.4, 0.5) is 0 Å². The topological polar surface area (TPSA) is 78.4 Å². The van der Waals surface area contributed by atoms with Crippen LogP contribution in [0.15, 0.2) is 35.3 Å². The van der Waals surface area contributed by atoms with Crippen molar-refractivity contribution in [3.63, 3.8) is 0 Å².